The Morgan fingerprint density at radius 1 is 1.10 bits per heavy atom. The van der Waals surface area contributed by atoms with Crippen LogP contribution in [-0.2, 0) is 15.4 Å². The number of rotatable bonds is 1. The van der Waals surface area contributed by atoms with Crippen LogP contribution in [0.3, 0.4) is 0 Å². The number of halogens is 2. The summed E-state index contributed by atoms with van der Waals surface area (Å²) in [5, 5.41) is 0.126. The third kappa shape index (κ3) is 6.44. The predicted octanol–water partition coefficient (Wildman–Crippen LogP) is 6.96. The van der Waals surface area contributed by atoms with Crippen molar-refractivity contribution in [2.75, 3.05) is 0 Å². The van der Waals surface area contributed by atoms with Crippen LogP contribution in [0.15, 0.2) is 35.5 Å². The SMILES string of the molecule is CC.CC(=O)c1ncc(Cl)cc1Cl.Cc1ccc2c(c1)[C@@]1(C)N=C(N)C(C)(C)S(=O)(=O)C(CC(C)(C)O2)[C@H]1C. The lowest BCUT2D eigenvalue weighted by Gasteiger charge is -2.43. The highest BCUT2D eigenvalue weighted by atomic mass is 35.5. The van der Waals surface area contributed by atoms with E-state index in [1.807, 2.05) is 66.7 Å². The van der Waals surface area contributed by atoms with Crippen molar-refractivity contribution in [3.63, 3.8) is 0 Å². The maximum Gasteiger partial charge on any atom is 0.179 e. The van der Waals surface area contributed by atoms with E-state index in [4.69, 9.17) is 38.7 Å². The third-order valence-corrected chi connectivity index (χ3v) is 10.9. The van der Waals surface area contributed by atoms with Gasteiger partial charge >= 0.3 is 0 Å². The molecule has 0 amide bonds. The van der Waals surface area contributed by atoms with Gasteiger partial charge in [-0.15, -0.1) is 0 Å². The number of ketones is 1. The summed E-state index contributed by atoms with van der Waals surface area (Å²) < 4.78 is 32.2. The van der Waals surface area contributed by atoms with Gasteiger partial charge in [0.25, 0.3) is 0 Å². The highest BCUT2D eigenvalue weighted by molar-refractivity contribution is 7.94. The molecule has 2 bridgehead atoms. The molecule has 2 aliphatic rings. The van der Waals surface area contributed by atoms with E-state index in [0.29, 0.717) is 16.5 Å². The normalized spacial score (nSPS) is 25.8. The fourth-order valence-corrected chi connectivity index (χ4v) is 7.89. The first-order chi connectivity index (χ1) is 17.8. The van der Waals surface area contributed by atoms with E-state index in [-0.39, 0.29) is 23.2 Å². The minimum atomic E-state index is -3.57. The number of carbonyl (C=O) groups is 1. The summed E-state index contributed by atoms with van der Waals surface area (Å²) in [4.78, 5) is 19.4. The van der Waals surface area contributed by atoms with E-state index >= 15 is 0 Å². The number of carbonyl (C=O) groups excluding carboxylic acids is 1. The molecule has 0 fully saturated rings. The van der Waals surface area contributed by atoms with Gasteiger partial charge in [-0.3, -0.25) is 14.8 Å². The Kier molecular flexibility index (Phi) is 9.96. The van der Waals surface area contributed by atoms with Gasteiger partial charge in [0, 0.05) is 31.0 Å². The number of nitrogens with two attached hydrogens (primary N) is 1. The highest BCUT2D eigenvalue weighted by Crippen LogP contribution is 2.50. The van der Waals surface area contributed by atoms with Gasteiger partial charge in [0.2, 0.25) is 0 Å². The molecule has 3 heterocycles. The van der Waals surface area contributed by atoms with Crippen molar-refractivity contribution in [2.45, 2.75) is 96.8 Å². The molecule has 0 aliphatic carbocycles. The molecule has 1 aromatic heterocycles. The van der Waals surface area contributed by atoms with Crippen LogP contribution in [0, 0.1) is 12.8 Å². The van der Waals surface area contributed by atoms with E-state index in [9.17, 15) is 13.2 Å². The molecule has 0 saturated heterocycles. The summed E-state index contributed by atoms with van der Waals surface area (Å²) in [5.41, 5.74) is 7.14. The number of hydrogen-bond acceptors (Lipinski definition) is 7. The van der Waals surface area contributed by atoms with Crippen LogP contribution in [0.4, 0.5) is 0 Å². The second kappa shape index (κ2) is 11.8. The number of sulfone groups is 1. The summed E-state index contributed by atoms with van der Waals surface area (Å²) in [6.07, 6.45) is 1.79. The monoisotopic (exact) mass is 597 g/mol. The van der Waals surface area contributed by atoms with E-state index in [0.717, 1.165) is 16.9 Å². The zero-order valence-electron chi connectivity index (χ0n) is 24.5. The Bertz CT molecular complexity index is 1370. The minimum Gasteiger partial charge on any atom is -0.487 e. The Labute approximate surface area is 243 Å². The maximum atomic E-state index is 13.5. The number of aryl methyl sites for hydroxylation is 1. The van der Waals surface area contributed by atoms with Crippen LogP contribution in [0.5, 0.6) is 5.75 Å². The number of aliphatic imine (C=N–C) groups is 1. The van der Waals surface area contributed by atoms with Crippen LogP contribution < -0.4 is 10.5 Å². The van der Waals surface area contributed by atoms with Gasteiger partial charge in [-0.05, 0) is 59.7 Å². The van der Waals surface area contributed by atoms with E-state index in [2.05, 4.69) is 4.98 Å². The van der Waals surface area contributed by atoms with Crippen molar-refractivity contribution in [2.24, 2.45) is 16.6 Å². The van der Waals surface area contributed by atoms with Crippen molar-refractivity contribution < 1.29 is 17.9 Å². The number of ether oxygens (including phenoxy) is 1. The Morgan fingerprint density at radius 3 is 2.23 bits per heavy atom. The van der Waals surface area contributed by atoms with Crippen molar-refractivity contribution in [3.05, 3.63) is 57.3 Å². The highest BCUT2D eigenvalue weighted by Gasteiger charge is 2.56. The van der Waals surface area contributed by atoms with Crippen LogP contribution in [0.25, 0.3) is 0 Å². The summed E-state index contributed by atoms with van der Waals surface area (Å²) in [5.74, 6) is 0.520. The fourth-order valence-electron chi connectivity index (χ4n) is 4.86. The fraction of sp³-hybridized carbons (Fsp3) is 0.552. The molecule has 0 saturated carbocycles. The third-order valence-electron chi connectivity index (χ3n) is 7.42. The predicted molar refractivity (Wildman–Crippen MR) is 161 cm³/mol. The lowest BCUT2D eigenvalue weighted by molar-refractivity contribution is 0.0736. The van der Waals surface area contributed by atoms with Crippen molar-refractivity contribution in [3.8, 4) is 5.75 Å². The average Bonchev–Trinajstić information content (AvgIpc) is 2.86. The van der Waals surface area contributed by atoms with Crippen molar-refractivity contribution in [1.29, 1.82) is 0 Å². The standard InChI is InChI=1S/C20H30N2O3S.C7H5Cl2NO.C2H6/c1-12-8-9-15-14(10-12)20(7)13(2)16(11-18(3,4)25-15)26(23,24)19(5,6)17(21)22-20;1-4(11)7-6(9)2-5(8)3-10-7;1-2/h8-10,13,16H,11H2,1-7H3,(H2,21,22);2-3H,1H3;1-2H3/t13-,16?,20+;;/m1../s1. The van der Waals surface area contributed by atoms with Gasteiger partial charge in [0.05, 0.1) is 20.8 Å². The number of benzene rings is 1. The van der Waals surface area contributed by atoms with E-state index in [1.54, 1.807) is 13.8 Å². The van der Waals surface area contributed by atoms with Crippen LogP contribution in [-0.4, -0.2) is 40.6 Å². The summed E-state index contributed by atoms with van der Waals surface area (Å²) in [7, 11) is -3.57. The Morgan fingerprint density at radius 2 is 1.69 bits per heavy atom. The molecular formula is C29H41Cl2N3O4S. The van der Waals surface area contributed by atoms with Crippen LogP contribution in [0.2, 0.25) is 10.0 Å². The molecule has 4 rings (SSSR count). The molecule has 3 atom stereocenters. The molecule has 0 spiro atoms. The first-order valence-electron chi connectivity index (χ1n) is 13.0. The van der Waals surface area contributed by atoms with Gasteiger partial charge in [-0.2, -0.15) is 0 Å². The minimum absolute atomic E-state index is 0.160. The van der Waals surface area contributed by atoms with Crippen LogP contribution >= 0.6 is 23.2 Å². The van der Waals surface area contributed by atoms with Gasteiger partial charge in [0.15, 0.2) is 15.6 Å². The maximum absolute atomic E-state index is 13.5. The molecule has 2 N–H and O–H groups in total. The zero-order valence-corrected chi connectivity index (χ0v) is 26.8. The number of hydrogen-bond donors (Lipinski definition) is 1. The molecule has 2 aromatic rings. The lowest BCUT2D eigenvalue weighted by atomic mass is 9.75. The molecule has 0 radical (unpaired) electrons. The van der Waals surface area contributed by atoms with Gasteiger partial charge in [0.1, 0.15) is 27.6 Å². The molecule has 1 unspecified atom stereocenters. The average molecular weight is 599 g/mol. The summed E-state index contributed by atoms with van der Waals surface area (Å²) >= 11 is 11.2. The first kappa shape index (κ1) is 33.0. The molecule has 1 aromatic carbocycles. The molecule has 39 heavy (non-hydrogen) atoms. The number of fused-ring (bicyclic) bond motifs is 4. The van der Waals surface area contributed by atoms with Gasteiger partial charge in [-0.1, -0.05) is 55.6 Å². The molecule has 10 heteroatoms. The quantitative estimate of drug-likeness (QED) is 0.356. The molecule has 2 aliphatic heterocycles. The lowest BCUT2D eigenvalue weighted by Crippen LogP contribution is -2.52. The topological polar surface area (TPSA) is 112 Å². The summed E-state index contributed by atoms with van der Waals surface area (Å²) in [6.45, 7) is 18.6. The van der Waals surface area contributed by atoms with E-state index in [1.165, 1.54) is 19.2 Å². The van der Waals surface area contributed by atoms with E-state index < -0.39 is 31.0 Å². The number of aromatic nitrogens is 1. The molecule has 7 nitrogen and oxygen atoms in total. The Hall–Kier alpha value is -2.16. The number of pyridine rings is 1. The summed E-state index contributed by atoms with van der Waals surface area (Å²) in [6, 6.07) is 7.51. The van der Waals surface area contributed by atoms with Gasteiger partial charge in [-0.25, -0.2) is 8.42 Å². The molecule has 216 valence electrons. The number of Topliss-reactive ketones (excluding diaryl/α,β-unsaturated/α-hetero) is 1. The number of amidine groups is 1. The largest absolute Gasteiger partial charge is 0.487 e. The Balaban J connectivity index is 0.000000343. The second-order valence-corrected chi connectivity index (χ2v) is 14.7. The number of nitrogens with zero attached hydrogens (tertiary/aromatic N) is 2. The van der Waals surface area contributed by atoms with Gasteiger partial charge < -0.3 is 10.5 Å². The second-order valence-electron chi connectivity index (χ2n) is 11.1. The zero-order chi connectivity index (χ0) is 30.1. The first-order valence-corrected chi connectivity index (χ1v) is 15.3. The molecular weight excluding hydrogens is 557 g/mol. The smallest absolute Gasteiger partial charge is 0.179 e. The van der Waals surface area contributed by atoms with Crippen LogP contribution in [0.1, 0.15) is 90.3 Å². The van der Waals surface area contributed by atoms with Crippen molar-refractivity contribution >= 4 is 44.7 Å². The van der Waals surface area contributed by atoms with Crippen molar-refractivity contribution in [1.82, 2.24) is 4.98 Å².